The van der Waals surface area contributed by atoms with Gasteiger partial charge >= 0.3 is 0 Å². The standard InChI is InChI=1S/C21H21N3O3S/c1-16-14-18(28-21-22-10-5-11-23-21)8-9-19(16)24-20(25)15-26-12-13-27-17-6-3-2-4-7-17/h2-11,14H,12-13,15H2,1H3,(H,24,25). The van der Waals surface area contributed by atoms with E-state index in [1.807, 2.05) is 55.5 Å². The number of amides is 1. The quantitative estimate of drug-likeness (QED) is 0.437. The van der Waals surface area contributed by atoms with E-state index in [0.717, 1.165) is 21.9 Å². The number of para-hydroxylation sites is 1. The third-order valence-corrected chi connectivity index (χ3v) is 4.58. The van der Waals surface area contributed by atoms with Crippen LogP contribution in [-0.4, -0.2) is 35.7 Å². The highest BCUT2D eigenvalue weighted by Gasteiger charge is 2.07. The molecule has 6 nitrogen and oxygen atoms in total. The summed E-state index contributed by atoms with van der Waals surface area (Å²) in [5.41, 5.74) is 1.72. The second kappa shape index (κ2) is 10.4. The molecule has 0 unspecified atom stereocenters. The number of nitrogens with one attached hydrogen (secondary N) is 1. The summed E-state index contributed by atoms with van der Waals surface area (Å²) in [5, 5.41) is 3.55. The van der Waals surface area contributed by atoms with Crippen LogP contribution >= 0.6 is 11.8 Å². The summed E-state index contributed by atoms with van der Waals surface area (Å²) in [4.78, 5) is 21.5. The molecule has 1 heterocycles. The number of carbonyl (C=O) groups is 1. The average Bonchev–Trinajstić information content (AvgIpc) is 2.71. The van der Waals surface area contributed by atoms with E-state index >= 15 is 0 Å². The number of benzene rings is 2. The van der Waals surface area contributed by atoms with Gasteiger partial charge in [0, 0.05) is 23.0 Å². The van der Waals surface area contributed by atoms with Crippen molar-refractivity contribution >= 4 is 23.4 Å². The summed E-state index contributed by atoms with van der Waals surface area (Å²) in [5.74, 6) is 0.583. The summed E-state index contributed by atoms with van der Waals surface area (Å²) in [6.07, 6.45) is 3.42. The fourth-order valence-electron chi connectivity index (χ4n) is 2.37. The van der Waals surface area contributed by atoms with E-state index in [9.17, 15) is 4.79 Å². The summed E-state index contributed by atoms with van der Waals surface area (Å²) >= 11 is 1.47. The van der Waals surface area contributed by atoms with Crippen molar-refractivity contribution in [3.05, 3.63) is 72.6 Å². The Kier molecular flexibility index (Phi) is 7.40. The van der Waals surface area contributed by atoms with Crippen molar-refractivity contribution < 1.29 is 14.3 Å². The molecular weight excluding hydrogens is 374 g/mol. The monoisotopic (exact) mass is 395 g/mol. The minimum absolute atomic E-state index is 0.0219. The lowest BCUT2D eigenvalue weighted by molar-refractivity contribution is -0.120. The van der Waals surface area contributed by atoms with Crippen molar-refractivity contribution in [2.75, 3.05) is 25.1 Å². The van der Waals surface area contributed by atoms with Crippen LogP contribution in [0.4, 0.5) is 5.69 Å². The van der Waals surface area contributed by atoms with Gasteiger partial charge in [0.25, 0.3) is 0 Å². The van der Waals surface area contributed by atoms with Gasteiger partial charge in [0.05, 0.1) is 6.61 Å². The molecule has 0 aliphatic rings. The Bertz CT molecular complexity index is 892. The molecule has 1 amide bonds. The molecular formula is C21H21N3O3S. The van der Waals surface area contributed by atoms with Crippen molar-refractivity contribution in [1.29, 1.82) is 0 Å². The molecule has 3 rings (SSSR count). The molecule has 0 radical (unpaired) electrons. The van der Waals surface area contributed by atoms with Crippen LogP contribution in [0.5, 0.6) is 5.75 Å². The van der Waals surface area contributed by atoms with Crippen molar-refractivity contribution in [1.82, 2.24) is 9.97 Å². The number of nitrogens with zero attached hydrogens (tertiary/aromatic N) is 2. The SMILES string of the molecule is Cc1cc(Sc2ncccn2)ccc1NC(=O)COCCOc1ccccc1. The highest BCUT2D eigenvalue weighted by molar-refractivity contribution is 7.99. The smallest absolute Gasteiger partial charge is 0.250 e. The molecule has 0 saturated heterocycles. The van der Waals surface area contributed by atoms with Gasteiger partial charge in [0.15, 0.2) is 5.16 Å². The first kappa shape index (κ1) is 19.9. The lowest BCUT2D eigenvalue weighted by Crippen LogP contribution is -2.20. The first-order valence-corrected chi connectivity index (χ1v) is 9.63. The normalized spacial score (nSPS) is 10.5. The highest BCUT2D eigenvalue weighted by Crippen LogP contribution is 2.27. The largest absolute Gasteiger partial charge is 0.491 e. The summed E-state index contributed by atoms with van der Waals surface area (Å²) in [6, 6.07) is 17.1. The predicted octanol–water partition coefficient (Wildman–Crippen LogP) is 3.97. The molecule has 3 aromatic rings. The van der Waals surface area contributed by atoms with E-state index in [1.165, 1.54) is 11.8 Å². The van der Waals surface area contributed by atoms with Crippen LogP contribution < -0.4 is 10.1 Å². The Balaban J connectivity index is 1.41. The average molecular weight is 395 g/mol. The van der Waals surface area contributed by atoms with Crippen LogP contribution in [0.3, 0.4) is 0 Å². The van der Waals surface area contributed by atoms with Crippen molar-refractivity contribution in [2.24, 2.45) is 0 Å². The number of carbonyl (C=O) groups excluding carboxylic acids is 1. The maximum atomic E-state index is 12.1. The number of hydrogen-bond acceptors (Lipinski definition) is 6. The number of hydrogen-bond donors (Lipinski definition) is 1. The van der Waals surface area contributed by atoms with Crippen LogP contribution in [0.25, 0.3) is 0 Å². The molecule has 0 atom stereocenters. The fraction of sp³-hybridized carbons (Fsp3) is 0.190. The minimum Gasteiger partial charge on any atom is -0.491 e. The van der Waals surface area contributed by atoms with Crippen LogP contribution in [0.1, 0.15) is 5.56 Å². The van der Waals surface area contributed by atoms with E-state index < -0.39 is 0 Å². The zero-order valence-electron chi connectivity index (χ0n) is 15.5. The predicted molar refractivity (Wildman–Crippen MR) is 109 cm³/mol. The van der Waals surface area contributed by atoms with E-state index in [-0.39, 0.29) is 12.5 Å². The summed E-state index contributed by atoms with van der Waals surface area (Å²) in [6.45, 7) is 2.66. The van der Waals surface area contributed by atoms with Crippen molar-refractivity contribution in [3.63, 3.8) is 0 Å². The molecule has 0 aliphatic carbocycles. The Morgan fingerprint density at radius 1 is 1.04 bits per heavy atom. The van der Waals surface area contributed by atoms with Crippen LogP contribution in [0.2, 0.25) is 0 Å². The summed E-state index contributed by atoms with van der Waals surface area (Å²) < 4.78 is 10.9. The highest BCUT2D eigenvalue weighted by atomic mass is 32.2. The van der Waals surface area contributed by atoms with Gasteiger partial charge in [-0.3, -0.25) is 4.79 Å². The summed E-state index contributed by atoms with van der Waals surface area (Å²) in [7, 11) is 0. The zero-order chi connectivity index (χ0) is 19.6. The molecule has 0 aliphatic heterocycles. The Morgan fingerprint density at radius 2 is 1.82 bits per heavy atom. The second-order valence-electron chi connectivity index (χ2n) is 5.87. The number of aromatic nitrogens is 2. The van der Waals surface area contributed by atoms with Crippen molar-refractivity contribution in [2.45, 2.75) is 17.0 Å². The van der Waals surface area contributed by atoms with E-state index in [2.05, 4.69) is 15.3 Å². The van der Waals surface area contributed by atoms with Crippen LogP contribution in [-0.2, 0) is 9.53 Å². The Morgan fingerprint density at radius 3 is 2.57 bits per heavy atom. The van der Waals surface area contributed by atoms with Gasteiger partial charge < -0.3 is 14.8 Å². The zero-order valence-corrected chi connectivity index (χ0v) is 16.3. The van der Waals surface area contributed by atoms with Crippen LogP contribution in [0.15, 0.2) is 77.0 Å². The van der Waals surface area contributed by atoms with Gasteiger partial charge in [-0.2, -0.15) is 0 Å². The first-order chi connectivity index (χ1) is 13.7. The molecule has 0 fully saturated rings. The number of rotatable bonds is 9. The molecule has 28 heavy (non-hydrogen) atoms. The van der Waals surface area contributed by atoms with Gasteiger partial charge in [-0.1, -0.05) is 18.2 Å². The number of ether oxygens (including phenoxy) is 2. The molecule has 0 bridgehead atoms. The van der Waals surface area contributed by atoms with Gasteiger partial charge in [-0.05, 0) is 60.6 Å². The van der Waals surface area contributed by atoms with Gasteiger partial charge in [-0.15, -0.1) is 0 Å². The third kappa shape index (κ3) is 6.37. The van der Waals surface area contributed by atoms with E-state index in [0.29, 0.717) is 18.4 Å². The lowest BCUT2D eigenvalue weighted by atomic mass is 10.2. The fourth-order valence-corrected chi connectivity index (χ4v) is 3.18. The van der Waals surface area contributed by atoms with Gasteiger partial charge in [0.2, 0.25) is 5.91 Å². The topological polar surface area (TPSA) is 73.3 Å². The van der Waals surface area contributed by atoms with E-state index in [1.54, 1.807) is 18.5 Å². The van der Waals surface area contributed by atoms with Gasteiger partial charge in [-0.25, -0.2) is 9.97 Å². The van der Waals surface area contributed by atoms with Gasteiger partial charge in [0.1, 0.15) is 19.0 Å². The molecule has 144 valence electrons. The lowest BCUT2D eigenvalue weighted by Gasteiger charge is -2.11. The number of anilines is 1. The van der Waals surface area contributed by atoms with Crippen molar-refractivity contribution in [3.8, 4) is 5.75 Å². The Labute approximate surface area is 168 Å². The molecule has 2 aromatic carbocycles. The minimum atomic E-state index is -0.199. The second-order valence-corrected chi connectivity index (χ2v) is 6.91. The first-order valence-electron chi connectivity index (χ1n) is 8.82. The molecule has 0 spiro atoms. The maximum absolute atomic E-state index is 12.1. The third-order valence-electron chi connectivity index (χ3n) is 3.70. The molecule has 7 heteroatoms. The Hall–Kier alpha value is -2.90. The van der Waals surface area contributed by atoms with E-state index in [4.69, 9.17) is 9.47 Å². The number of aryl methyl sites for hydroxylation is 1. The molecule has 0 saturated carbocycles. The molecule has 1 N–H and O–H groups in total. The van der Waals surface area contributed by atoms with Crippen LogP contribution in [0, 0.1) is 6.92 Å². The maximum Gasteiger partial charge on any atom is 0.250 e. The molecule has 1 aromatic heterocycles.